The predicted octanol–water partition coefficient (Wildman–Crippen LogP) is 7.39. The second-order valence-electron chi connectivity index (χ2n) is 14.3. The van der Waals surface area contributed by atoms with Crippen LogP contribution in [0.25, 0.3) is 21.9 Å². The van der Waals surface area contributed by atoms with Gasteiger partial charge in [0.05, 0.1) is 24.0 Å². The Balaban J connectivity index is 0.000000335. The molecule has 0 saturated heterocycles. The first-order chi connectivity index (χ1) is 30.0. The zero-order chi connectivity index (χ0) is 45.7. The molecule has 340 valence electrons. The minimum atomic E-state index is -4.59. The Morgan fingerprint density at radius 2 is 1.17 bits per heavy atom. The number of carbonyl (C=O) groups is 2. The van der Waals surface area contributed by atoms with Crippen molar-refractivity contribution in [2.75, 3.05) is 57.7 Å². The zero-order valence-corrected chi connectivity index (χ0v) is 38.3. The number of ether oxygens (including phenoxy) is 2. The van der Waals surface area contributed by atoms with Crippen LogP contribution in [0.5, 0.6) is 11.5 Å². The molecule has 0 aliphatic heterocycles. The third-order valence-corrected chi connectivity index (χ3v) is 9.58. The number of urea groups is 2. The van der Waals surface area contributed by atoms with Crippen LogP contribution in [-0.4, -0.2) is 89.6 Å². The number of aromatic nitrogens is 4. The summed E-state index contributed by atoms with van der Waals surface area (Å²) < 4.78 is 100. The third-order valence-electron chi connectivity index (χ3n) is 9.58. The van der Waals surface area contributed by atoms with E-state index in [1.54, 1.807) is 74.8 Å². The number of hydrogen-bond acceptors (Lipinski definition) is 10. The van der Waals surface area contributed by atoms with Crippen molar-refractivity contribution in [3.8, 4) is 11.5 Å². The average molecular weight is 911 g/mol. The number of benzene rings is 2. The van der Waals surface area contributed by atoms with Crippen LogP contribution in [0, 0.1) is 0 Å². The standard InChI is InChI=1S/C22H25F3N4O3.C21H23F3N4O3.Na.H/c1-4-8-15-17(11-10-16-19(15)32-27-20(16)22(23,24)25)31-14-7-13-28(2)21(30)29(3)18-9-5-6-12-26-18;1-3-7-14-16(10-9-15-18(14)31-27-19(15)21(22,23)24)30-13-6-12-28(2)20(29)26-17-8-4-5-11-25-17;;/h5-6,9-12H,4,7-8,13-14H2,1-3H3;4-5,8-11H,3,6-7,12-13H2,1-2H3,(H,25,26,29);;/q;;+1;-1. The van der Waals surface area contributed by atoms with Crippen LogP contribution in [0.15, 0.2) is 82.1 Å². The summed E-state index contributed by atoms with van der Waals surface area (Å²) in [4.78, 5) is 37.4. The Bertz CT molecular complexity index is 2430. The Morgan fingerprint density at radius 3 is 1.61 bits per heavy atom. The molecule has 0 aliphatic carbocycles. The van der Waals surface area contributed by atoms with Crippen LogP contribution in [-0.2, 0) is 25.2 Å². The quantitative estimate of drug-likeness (QED) is 0.0591. The van der Waals surface area contributed by atoms with Gasteiger partial charge in [0.2, 0.25) is 0 Å². The van der Waals surface area contributed by atoms with Gasteiger partial charge in [-0.1, -0.05) is 49.1 Å². The average Bonchev–Trinajstić information content (AvgIpc) is 3.92. The van der Waals surface area contributed by atoms with E-state index in [4.69, 9.17) is 18.5 Å². The Labute approximate surface area is 389 Å². The van der Waals surface area contributed by atoms with Crippen molar-refractivity contribution in [3.05, 3.63) is 95.6 Å². The number of nitrogens with zero attached hydrogens (tertiary/aromatic N) is 7. The van der Waals surface area contributed by atoms with E-state index in [-0.39, 0.29) is 78.2 Å². The number of anilines is 2. The van der Waals surface area contributed by atoms with Crippen molar-refractivity contribution < 1.29 is 85.4 Å². The minimum Gasteiger partial charge on any atom is -1.00 e. The zero-order valence-electron chi connectivity index (χ0n) is 37.3. The Hall–Kier alpha value is -5.60. The molecule has 6 aromatic rings. The third kappa shape index (κ3) is 13.2. The molecular formula is C43H49F6N8NaO6. The largest absolute Gasteiger partial charge is 1.00 e. The molecule has 1 N–H and O–H groups in total. The number of hydrogen-bond donors (Lipinski definition) is 1. The molecule has 0 aliphatic rings. The smallest absolute Gasteiger partial charge is 1.00 e. The maximum Gasteiger partial charge on any atom is 1.00 e. The van der Waals surface area contributed by atoms with Crippen molar-refractivity contribution in [2.45, 2.75) is 64.7 Å². The number of fused-ring (bicyclic) bond motifs is 2. The first kappa shape index (κ1) is 51.0. The second kappa shape index (κ2) is 23.4. The fourth-order valence-corrected chi connectivity index (χ4v) is 6.45. The van der Waals surface area contributed by atoms with Crippen LogP contribution in [0.1, 0.15) is 63.5 Å². The molecule has 0 radical (unpaired) electrons. The molecule has 0 unspecified atom stereocenters. The van der Waals surface area contributed by atoms with Gasteiger partial charge in [-0.15, -0.1) is 0 Å². The van der Waals surface area contributed by atoms with Crippen molar-refractivity contribution in [2.24, 2.45) is 0 Å². The summed E-state index contributed by atoms with van der Waals surface area (Å²) in [7, 11) is 4.99. The van der Waals surface area contributed by atoms with E-state index in [9.17, 15) is 35.9 Å². The first-order valence-corrected chi connectivity index (χ1v) is 20.1. The summed E-state index contributed by atoms with van der Waals surface area (Å²) in [5.41, 5.74) is -0.753. The summed E-state index contributed by atoms with van der Waals surface area (Å²) in [6, 6.07) is 15.7. The molecule has 64 heavy (non-hydrogen) atoms. The van der Waals surface area contributed by atoms with Gasteiger partial charge in [0, 0.05) is 57.8 Å². The number of amides is 4. The van der Waals surface area contributed by atoms with Gasteiger partial charge in [0.25, 0.3) is 0 Å². The van der Waals surface area contributed by atoms with E-state index in [2.05, 4.69) is 25.6 Å². The molecule has 0 saturated carbocycles. The predicted molar refractivity (Wildman–Crippen MR) is 224 cm³/mol. The SMILES string of the molecule is CCCc1c(OCCCN(C)C(=O)N(C)c2ccccn2)ccc2c(C(F)(F)F)noc12.CCCc1c(OCCCN(C)C(=O)Nc2ccccn2)ccc2c(C(F)(F)F)noc12.[H-].[Na+]. The number of halogens is 6. The number of alkyl halides is 6. The summed E-state index contributed by atoms with van der Waals surface area (Å²) in [6.07, 6.45) is -2.52. The van der Waals surface area contributed by atoms with E-state index >= 15 is 0 Å². The van der Waals surface area contributed by atoms with Crippen LogP contribution in [0.4, 0.5) is 47.6 Å². The van der Waals surface area contributed by atoms with Crippen LogP contribution in [0.3, 0.4) is 0 Å². The number of pyridine rings is 2. The molecule has 0 fully saturated rings. The maximum absolute atomic E-state index is 13.1. The molecular weight excluding hydrogens is 862 g/mol. The Kier molecular flexibility index (Phi) is 18.6. The van der Waals surface area contributed by atoms with Gasteiger partial charge in [-0.3, -0.25) is 10.2 Å². The number of nitrogens with one attached hydrogen (secondary N) is 1. The molecule has 21 heteroatoms. The summed E-state index contributed by atoms with van der Waals surface area (Å²) in [6.45, 7) is 5.25. The van der Waals surface area contributed by atoms with E-state index in [1.807, 2.05) is 13.8 Å². The summed E-state index contributed by atoms with van der Waals surface area (Å²) in [5, 5.41) is 8.97. The van der Waals surface area contributed by atoms with Gasteiger partial charge in [0.15, 0.2) is 22.6 Å². The first-order valence-electron chi connectivity index (χ1n) is 20.1. The van der Waals surface area contributed by atoms with Crippen molar-refractivity contribution in [3.63, 3.8) is 0 Å². The monoisotopic (exact) mass is 910 g/mol. The molecule has 0 bridgehead atoms. The summed E-state index contributed by atoms with van der Waals surface area (Å²) >= 11 is 0. The molecule has 0 spiro atoms. The normalized spacial score (nSPS) is 11.4. The van der Waals surface area contributed by atoms with Gasteiger partial charge in [0.1, 0.15) is 23.1 Å². The van der Waals surface area contributed by atoms with Gasteiger partial charge in [-0.2, -0.15) is 26.3 Å². The summed E-state index contributed by atoms with van der Waals surface area (Å²) in [5.74, 6) is 1.92. The van der Waals surface area contributed by atoms with Gasteiger partial charge in [-0.05, 0) is 74.2 Å². The van der Waals surface area contributed by atoms with Crippen molar-refractivity contribution >= 4 is 45.6 Å². The molecule has 4 amide bonds. The van der Waals surface area contributed by atoms with E-state index in [0.29, 0.717) is 85.9 Å². The number of carbonyl (C=O) groups excluding carboxylic acids is 2. The molecule has 6 rings (SSSR count). The van der Waals surface area contributed by atoms with E-state index < -0.39 is 23.7 Å². The van der Waals surface area contributed by atoms with Crippen molar-refractivity contribution in [1.82, 2.24) is 30.1 Å². The molecule has 4 heterocycles. The minimum absolute atomic E-state index is 0. The maximum atomic E-state index is 13.1. The fourth-order valence-electron chi connectivity index (χ4n) is 6.45. The van der Waals surface area contributed by atoms with Crippen molar-refractivity contribution in [1.29, 1.82) is 0 Å². The van der Waals surface area contributed by atoms with E-state index in [1.165, 1.54) is 34.1 Å². The van der Waals surface area contributed by atoms with Gasteiger partial charge < -0.3 is 29.7 Å². The van der Waals surface area contributed by atoms with E-state index in [0.717, 1.165) is 0 Å². The van der Waals surface area contributed by atoms with Gasteiger partial charge in [-0.25, -0.2) is 19.6 Å². The van der Waals surface area contributed by atoms with Gasteiger partial charge >= 0.3 is 54.0 Å². The number of aryl methyl sites for hydroxylation is 2. The molecule has 2 aromatic carbocycles. The van der Waals surface area contributed by atoms with Crippen LogP contribution >= 0.6 is 0 Å². The van der Waals surface area contributed by atoms with Crippen LogP contribution in [0.2, 0.25) is 0 Å². The molecule has 14 nitrogen and oxygen atoms in total. The Morgan fingerprint density at radius 1 is 0.688 bits per heavy atom. The second-order valence-corrected chi connectivity index (χ2v) is 14.3. The molecule has 0 atom stereocenters. The fraction of sp³-hybridized carbons (Fsp3) is 0.395. The molecule has 4 aromatic heterocycles. The number of rotatable bonds is 16. The topological polar surface area (TPSA) is 152 Å². The van der Waals surface area contributed by atoms with Crippen LogP contribution < -0.4 is 49.2 Å².